The fourth-order valence-electron chi connectivity index (χ4n) is 2.52. The fourth-order valence-corrected chi connectivity index (χ4v) is 3.24. The van der Waals surface area contributed by atoms with Crippen LogP contribution in [0, 0.1) is 0 Å². The maximum atomic E-state index is 4.58. The molecule has 0 unspecified atom stereocenters. The number of tetrazole rings is 1. The van der Waals surface area contributed by atoms with Gasteiger partial charge in [-0.25, -0.2) is 14.5 Å². The highest BCUT2D eigenvalue weighted by Gasteiger charge is 2.11. The molecule has 8 nitrogen and oxygen atoms in total. The molecule has 0 radical (unpaired) electrons. The van der Waals surface area contributed by atoms with Crippen LogP contribution in [0.1, 0.15) is 5.82 Å². The first kappa shape index (κ1) is 13.3. The van der Waals surface area contributed by atoms with Crippen molar-refractivity contribution in [3.63, 3.8) is 0 Å². The van der Waals surface area contributed by atoms with E-state index in [0.717, 1.165) is 21.4 Å². The zero-order valence-electron chi connectivity index (χ0n) is 12.3. The molecule has 4 aromatic heterocycles. The van der Waals surface area contributed by atoms with Gasteiger partial charge in [-0.05, 0) is 16.7 Å². The van der Waals surface area contributed by atoms with Crippen LogP contribution in [0.3, 0.4) is 0 Å². The van der Waals surface area contributed by atoms with Crippen molar-refractivity contribution in [2.45, 2.75) is 6.54 Å². The monoisotopic (exact) mass is 334 g/mol. The lowest BCUT2D eigenvalue weighted by molar-refractivity contribution is 0.554. The number of hydrogen-bond donors (Lipinski definition) is 0. The van der Waals surface area contributed by atoms with Gasteiger partial charge in [0.25, 0.3) is 0 Å². The molecule has 0 N–H and O–H groups in total. The first-order chi connectivity index (χ1) is 11.9. The van der Waals surface area contributed by atoms with Gasteiger partial charge in [0.05, 0.1) is 5.39 Å². The Hall–Kier alpha value is -3.20. The lowest BCUT2D eigenvalue weighted by Crippen LogP contribution is -2.05. The molecule has 0 atom stereocenters. The van der Waals surface area contributed by atoms with Crippen molar-refractivity contribution in [3.8, 4) is 11.4 Å². The molecular formula is C15H10N8S. The Bertz CT molecular complexity index is 1140. The fraction of sp³-hybridized carbons (Fsp3) is 0.0667. The van der Waals surface area contributed by atoms with E-state index in [4.69, 9.17) is 0 Å². The minimum atomic E-state index is 0.354. The normalized spacial score (nSPS) is 11.5. The van der Waals surface area contributed by atoms with Gasteiger partial charge >= 0.3 is 0 Å². The highest BCUT2D eigenvalue weighted by atomic mass is 32.1. The molecule has 4 heterocycles. The molecule has 5 rings (SSSR count). The summed E-state index contributed by atoms with van der Waals surface area (Å²) >= 11 is 1.58. The number of thiophene rings is 1. The molecule has 0 saturated heterocycles. The van der Waals surface area contributed by atoms with Crippen molar-refractivity contribution < 1.29 is 0 Å². The quantitative estimate of drug-likeness (QED) is 0.502. The highest BCUT2D eigenvalue weighted by molar-refractivity contribution is 7.16. The summed E-state index contributed by atoms with van der Waals surface area (Å²) < 4.78 is 1.68. The van der Waals surface area contributed by atoms with E-state index < -0.39 is 0 Å². The lowest BCUT2D eigenvalue weighted by atomic mass is 10.2. The standard InChI is InChI=1S/C15H10N8S/c1-2-4-10(5-3-1)13-18-21-23(20-13)8-12-17-14-11-6-7-24-15(11)16-9-22(14)19-12/h1-7,9H,8H2. The Balaban J connectivity index is 1.49. The predicted octanol–water partition coefficient (Wildman–Crippen LogP) is 2.04. The van der Waals surface area contributed by atoms with E-state index in [0.29, 0.717) is 18.2 Å². The average Bonchev–Trinajstić information content (AvgIpc) is 3.34. The molecule has 24 heavy (non-hydrogen) atoms. The van der Waals surface area contributed by atoms with Crippen LogP contribution in [0.2, 0.25) is 0 Å². The third-order valence-corrected chi connectivity index (χ3v) is 4.43. The van der Waals surface area contributed by atoms with Gasteiger partial charge in [-0.3, -0.25) is 0 Å². The molecule has 0 amide bonds. The molecule has 0 bridgehead atoms. The molecule has 0 aliphatic heterocycles. The zero-order chi connectivity index (χ0) is 15.9. The van der Waals surface area contributed by atoms with Gasteiger partial charge in [0.15, 0.2) is 11.5 Å². The average molecular weight is 334 g/mol. The molecule has 0 spiro atoms. The number of fused-ring (bicyclic) bond motifs is 3. The van der Waals surface area contributed by atoms with E-state index in [1.807, 2.05) is 41.8 Å². The maximum absolute atomic E-state index is 4.58. The van der Waals surface area contributed by atoms with Gasteiger partial charge in [0.1, 0.15) is 17.7 Å². The van der Waals surface area contributed by atoms with Gasteiger partial charge in [0, 0.05) is 5.56 Å². The van der Waals surface area contributed by atoms with Crippen LogP contribution in [-0.4, -0.2) is 39.8 Å². The van der Waals surface area contributed by atoms with Crippen molar-refractivity contribution in [2.24, 2.45) is 0 Å². The van der Waals surface area contributed by atoms with Crippen molar-refractivity contribution >= 4 is 27.2 Å². The summed E-state index contributed by atoms with van der Waals surface area (Å²) in [6, 6.07) is 11.7. The highest BCUT2D eigenvalue weighted by Crippen LogP contribution is 2.21. The summed E-state index contributed by atoms with van der Waals surface area (Å²) in [6.45, 7) is 0.354. The minimum absolute atomic E-state index is 0.354. The van der Waals surface area contributed by atoms with Crippen molar-refractivity contribution in [1.29, 1.82) is 0 Å². The van der Waals surface area contributed by atoms with Gasteiger partial charge in [-0.2, -0.15) is 4.80 Å². The first-order valence-corrected chi connectivity index (χ1v) is 8.15. The van der Waals surface area contributed by atoms with Crippen LogP contribution < -0.4 is 0 Å². The van der Waals surface area contributed by atoms with E-state index in [1.54, 1.807) is 22.2 Å². The minimum Gasteiger partial charge on any atom is -0.225 e. The van der Waals surface area contributed by atoms with Crippen LogP contribution in [0.5, 0.6) is 0 Å². The number of hydrogen-bond acceptors (Lipinski definition) is 7. The zero-order valence-corrected chi connectivity index (χ0v) is 13.1. The van der Waals surface area contributed by atoms with Crippen LogP contribution in [0.15, 0.2) is 48.1 Å². The Labute approximate surface area is 139 Å². The Morgan fingerprint density at radius 1 is 1.04 bits per heavy atom. The topological polar surface area (TPSA) is 86.7 Å². The smallest absolute Gasteiger partial charge is 0.204 e. The summed E-state index contributed by atoms with van der Waals surface area (Å²) in [5.74, 6) is 1.20. The molecule has 116 valence electrons. The van der Waals surface area contributed by atoms with Crippen LogP contribution in [-0.2, 0) is 6.54 Å². The maximum Gasteiger partial charge on any atom is 0.204 e. The second-order valence-electron chi connectivity index (χ2n) is 5.19. The van der Waals surface area contributed by atoms with E-state index in [2.05, 4.69) is 30.5 Å². The molecule has 9 heteroatoms. The van der Waals surface area contributed by atoms with Gasteiger partial charge in [0.2, 0.25) is 5.82 Å². The van der Waals surface area contributed by atoms with Gasteiger partial charge in [-0.15, -0.1) is 26.6 Å². The Kier molecular flexibility index (Phi) is 2.85. The van der Waals surface area contributed by atoms with Crippen LogP contribution in [0.4, 0.5) is 0 Å². The summed E-state index contributed by atoms with van der Waals surface area (Å²) in [5.41, 5.74) is 1.72. The molecule has 0 aliphatic rings. The SMILES string of the molecule is c1ccc(-c2nnn(Cc3nc4c5ccsc5ncn4n3)n2)cc1. The van der Waals surface area contributed by atoms with E-state index in [1.165, 1.54) is 4.80 Å². The second kappa shape index (κ2) is 5.17. The van der Waals surface area contributed by atoms with Crippen molar-refractivity contribution in [3.05, 3.63) is 53.9 Å². The van der Waals surface area contributed by atoms with Crippen molar-refractivity contribution in [2.75, 3.05) is 0 Å². The number of rotatable bonds is 3. The molecule has 0 fully saturated rings. The number of aromatic nitrogens is 8. The summed E-state index contributed by atoms with van der Waals surface area (Å²) in [7, 11) is 0. The third-order valence-electron chi connectivity index (χ3n) is 3.61. The van der Waals surface area contributed by atoms with E-state index in [9.17, 15) is 0 Å². The molecule has 0 saturated carbocycles. The summed E-state index contributed by atoms with van der Waals surface area (Å²) in [6.07, 6.45) is 1.68. The summed E-state index contributed by atoms with van der Waals surface area (Å²) in [4.78, 5) is 11.4. The van der Waals surface area contributed by atoms with Gasteiger partial charge < -0.3 is 0 Å². The largest absolute Gasteiger partial charge is 0.225 e. The van der Waals surface area contributed by atoms with Gasteiger partial charge in [-0.1, -0.05) is 30.3 Å². The van der Waals surface area contributed by atoms with E-state index in [-0.39, 0.29) is 0 Å². The number of benzene rings is 1. The summed E-state index contributed by atoms with van der Waals surface area (Å²) in [5, 5.41) is 20.0. The molecular weight excluding hydrogens is 324 g/mol. The molecule has 1 aromatic carbocycles. The van der Waals surface area contributed by atoms with Crippen LogP contribution in [0.25, 0.3) is 27.3 Å². The Morgan fingerprint density at radius 2 is 1.96 bits per heavy atom. The molecule has 5 aromatic rings. The lowest BCUT2D eigenvalue weighted by Gasteiger charge is -1.93. The Morgan fingerprint density at radius 3 is 2.88 bits per heavy atom. The van der Waals surface area contributed by atoms with Crippen molar-refractivity contribution in [1.82, 2.24) is 39.8 Å². The van der Waals surface area contributed by atoms with Crippen LogP contribution >= 0.6 is 11.3 Å². The third kappa shape index (κ3) is 2.14. The second-order valence-corrected chi connectivity index (χ2v) is 6.08. The van der Waals surface area contributed by atoms with E-state index >= 15 is 0 Å². The predicted molar refractivity (Wildman–Crippen MR) is 88.5 cm³/mol. The number of nitrogens with zero attached hydrogens (tertiary/aromatic N) is 8. The molecule has 0 aliphatic carbocycles. The first-order valence-electron chi connectivity index (χ1n) is 7.27.